The molecular weight excluding hydrogens is 382 g/mol. The fourth-order valence-corrected chi connectivity index (χ4v) is 3.05. The lowest BCUT2D eigenvalue weighted by molar-refractivity contribution is -0.384. The standard InChI is InChI=1S/C18H17N5O4S/c1-11(17(24)19-13-4-3-5-14(10-13)23(25)26)28-18-20-16(21-22-18)12-6-8-15(27-2)9-7-12/h3-11H,1-2H3,(H,19,24)(H,20,21,22). The number of carbonyl (C=O) groups excluding carboxylic acids is 1. The first-order valence-electron chi connectivity index (χ1n) is 8.25. The molecule has 0 aliphatic rings. The molecule has 0 fully saturated rings. The van der Waals surface area contributed by atoms with E-state index in [2.05, 4.69) is 20.5 Å². The molecule has 1 aromatic heterocycles. The summed E-state index contributed by atoms with van der Waals surface area (Å²) in [6, 6.07) is 13.1. The number of methoxy groups -OCH3 is 1. The normalized spacial score (nSPS) is 11.6. The van der Waals surface area contributed by atoms with Gasteiger partial charge in [-0.3, -0.25) is 20.0 Å². The maximum absolute atomic E-state index is 12.4. The van der Waals surface area contributed by atoms with Crippen LogP contribution in [0.25, 0.3) is 11.4 Å². The van der Waals surface area contributed by atoms with E-state index in [9.17, 15) is 14.9 Å². The summed E-state index contributed by atoms with van der Waals surface area (Å²) in [7, 11) is 1.60. The van der Waals surface area contributed by atoms with Gasteiger partial charge in [0.25, 0.3) is 5.69 Å². The van der Waals surface area contributed by atoms with E-state index in [1.54, 1.807) is 20.1 Å². The van der Waals surface area contributed by atoms with Gasteiger partial charge in [-0.2, -0.15) is 0 Å². The van der Waals surface area contributed by atoms with E-state index in [1.807, 2.05) is 24.3 Å². The van der Waals surface area contributed by atoms with E-state index in [0.717, 1.165) is 11.3 Å². The minimum atomic E-state index is -0.512. The van der Waals surface area contributed by atoms with Gasteiger partial charge in [0.1, 0.15) is 5.75 Å². The molecule has 10 heteroatoms. The van der Waals surface area contributed by atoms with Gasteiger partial charge in [-0.25, -0.2) is 4.98 Å². The van der Waals surface area contributed by atoms with E-state index in [1.165, 1.54) is 30.0 Å². The Balaban J connectivity index is 1.63. The van der Waals surface area contributed by atoms with Crippen LogP contribution in [0.15, 0.2) is 53.7 Å². The van der Waals surface area contributed by atoms with Crippen LogP contribution in [0.3, 0.4) is 0 Å². The van der Waals surface area contributed by atoms with E-state index >= 15 is 0 Å². The number of rotatable bonds is 7. The van der Waals surface area contributed by atoms with E-state index in [0.29, 0.717) is 16.7 Å². The van der Waals surface area contributed by atoms with Gasteiger partial charge in [-0.15, -0.1) is 5.10 Å². The Hall–Kier alpha value is -3.40. The maximum Gasteiger partial charge on any atom is 0.271 e. The second-order valence-electron chi connectivity index (χ2n) is 5.75. The summed E-state index contributed by atoms with van der Waals surface area (Å²) in [6.45, 7) is 1.71. The minimum absolute atomic E-state index is 0.0868. The number of nitrogens with zero attached hydrogens (tertiary/aromatic N) is 3. The number of hydrogen-bond acceptors (Lipinski definition) is 7. The van der Waals surface area contributed by atoms with Crippen LogP contribution in [-0.2, 0) is 4.79 Å². The van der Waals surface area contributed by atoms with Crippen molar-refractivity contribution in [2.24, 2.45) is 0 Å². The Kier molecular flexibility index (Phi) is 5.90. The number of thioether (sulfide) groups is 1. The molecule has 9 nitrogen and oxygen atoms in total. The highest BCUT2D eigenvalue weighted by atomic mass is 32.2. The molecule has 1 heterocycles. The van der Waals surface area contributed by atoms with Gasteiger partial charge < -0.3 is 10.1 Å². The number of amides is 1. The number of nitrogens with one attached hydrogen (secondary N) is 2. The van der Waals surface area contributed by atoms with Gasteiger partial charge in [0.15, 0.2) is 5.82 Å². The van der Waals surface area contributed by atoms with Crippen molar-refractivity contribution in [3.05, 3.63) is 58.6 Å². The lowest BCUT2D eigenvalue weighted by Crippen LogP contribution is -2.22. The van der Waals surface area contributed by atoms with Crippen LogP contribution in [0.5, 0.6) is 5.75 Å². The van der Waals surface area contributed by atoms with E-state index < -0.39 is 10.2 Å². The average Bonchev–Trinajstić information content (AvgIpc) is 3.16. The molecule has 28 heavy (non-hydrogen) atoms. The molecule has 1 amide bonds. The summed E-state index contributed by atoms with van der Waals surface area (Å²) in [5, 5.41) is 20.4. The molecule has 0 bridgehead atoms. The predicted molar refractivity (Wildman–Crippen MR) is 105 cm³/mol. The first-order valence-corrected chi connectivity index (χ1v) is 9.13. The lowest BCUT2D eigenvalue weighted by Gasteiger charge is -2.09. The summed E-state index contributed by atoms with van der Waals surface area (Å²) < 4.78 is 5.13. The Morgan fingerprint density at radius 2 is 2.04 bits per heavy atom. The zero-order valence-electron chi connectivity index (χ0n) is 15.1. The highest BCUT2D eigenvalue weighted by Gasteiger charge is 2.18. The smallest absolute Gasteiger partial charge is 0.271 e. The van der Waals surface area contributed by atoms with Crippen molar-refractivity contribution in [3.8, 4) is 17.1 Å². The Bertz CT molecular complexity index is 990. The number of nitro groups is 1. The van der Waals surface area contributed by atoms with Gasteiger partial charge >= 0.3 is 0 Å². The van der Waals surface area contributed by atoms with Crippen LogP contribution in [0.2, 0.25) is 0 Å². The number of benzene rings is 2. The number of anilines is 1. The van der Waals surface area contributed by atoms with Gasteiger partial charge in [0.2, 0.25) is 11.1 Å². The van der Waals surface area contributed by atoms with Gasteiger partial charge in [-0.05, 0) is 37.3 Å². The second kappa shape index (κ2) is 8.53. The zero-order chi connectivity index (χ0) is 20.1. The highest BCUT2D eigenvalue weighted by molar-refractivity contribution is 8.00. The molecule has 0 spiro atoms. The molecule has 2 N–H and O–H groups in total. The molecular formula is C18H17N5O4S. The van der Waals surface area contributed by atoms with Crippen molar-refractivity contribution >= 4 is 29.0 Å². The van der Waals surface area contributed by atoms with Gasteiger partial charge in [0.05, 0.1) is 17.3 Å². The minimum Gasteiger partial charge on any atom is -0.497 e. The van der Waals surface area contributed by atoms with Crippen LogP contribution in [0.1, 0.15) is 6.92 Å². The molecule has 1 atom stereocenters. The number of H-pyrrole nitrogens is 1. The third-order valence-corrected chi connectivity index (χ3v) is 4.77. The number of aromatic amines is 1. The zero-order valence-corrected chi connectivity index (χ0v) is 15.9. The fraction of sp³-hybridized carbons (Fsp3) is 0.167. The van der Waals surface area contributed by atoms with Gasteiger partial charge in [-0.1, -0.05) is 17.8 Å². The van der Waals surface area contributed by atoms with Crippen molar-refractivity contribution in [1.82, 2.24) is 15.2 Å². The SMILES string of the molecule is COc1ccc(-c2nc(SC(C)C(=O)Nc3cccc([N+](=O)[O-])c3)n[nH]2)cc1. The molecule has 2 aromatic carbocycles. The highest BCUT2D eigenvalue weighted by Crippen LogP contribution is 2.25. The Morgan fingerprint density at radius 3 is 2.71 bits per heavy atom. The average molecular weight is 399 g/mol. The number of carbonyl (C=O) groups is 1. The number of hydrogen-bond donors (Lipinski definition) is 2. The third-order valence-electron chi connectivity index (χ3n) is 3.80. The molecule has 0 radical (unpaired) electrons. The summed E-state index contributed by atoms with van der Waals surface area (Å²) in [4.78, 5) is 27.1. The molecule has 0 aliphatic heterocycles. The van der Waals surface area contributed by atoms with Crippen LogP contribution in [-0.4, -0.2) is 38.4 Å². The number of nitro benzene ring substituents is 1. The molecule has 0 saturated carbocycles. The second-order valence-corrected chi connectivity index (χ2v) is 7.06. The summed E-state index contributed by atoms with van der Waals surface area (Å²) in [5.74, 6) is 1.02. The topological polar surface area (TPSA) is 123 Å². The fourth-order valence-electron chi connectivity index (χ4n) is 2.33. The van der Waals surface area contributed by atoms with Crippen LogP contribution >= 0.6 is 11.8 Å². The number of aromatic nitrogens is 3. The van der Waals surface area contributed by atoms with Crippen LogP contribution in [0, 0.1) is 10.1 Å². The monoisotopic (exact) mass is 399 g/mol. The van der Waals surface area contributed by atoms with Crippen molar-refractivity contribution in [2.45, 2.75) is 17.3 Å². The first kappa shape index (κ1) is 19.4. The predicted octanol–water partition coefficient (Wildman–Crippen LogP) is 3.51. The number of ether oxygens (including phenoxy) is 1. The molecule has 1 unspecified atom stereocenters. The molecule has 0 saturated heterocycles. The van der Waals surface area contributed by atoms with Crippen LogP contribution < -0.4 is 10.1 Å². The van der Waals surface area contributed by atoms with Crippen molar-refractivity contribution in [3.63, 3.8) is 0 Å². The third kappa shape index (κ3) is 4.65. The molecule has 0 aliphatic carbocycles. The Morgan fingerprint density at radius 1 is 1.29 bits per heavy atom. The van der Waals surface area contributed by atoms with Crippen LogP contribution in [0.4, 0.5) is 11.4 Å². The lowest BCUT2D eigenvalue weighted by atomic mass is 10.2. The van der Waals surface area contributed by atoms with Crippen molar-refractivity contribution < 1.29 is 14.5 Å². The summed E-state index contributed by atoms with van der Waals surface area (Å²) >= 11 is 1.18. The number of non-ortho nitro benzene ring substituents is 1. The van der Waals surface area contributed by atoms with E-state index in [4.69, 9.17) is 4.74 Å². The quantitative estimate of drug-likeness (QED) is 0.354. The van der Waals surface area contributed by atoms with E-state index in [-0.39, 0.29) is 11.6 Å². The van der Waals surface area contributed by atoms with Crippen molar-refractivity contribution in [2.75, 3.05) is 12.4 Å². The first-order chi connectivity index (χ1) is 13.5. The van der Waals surface area contributed by atoms with Gasteiger partial charge in [0, 0.05) is 23.4 Å². The summed E-state index contributed by atoms with van der Waals surface area (Å²) in [6.07, 6.45) is 0. The van der Waals surface area contributed by atoms with Crippen molar-refractivity contribution in [1.29, 1.82) is 0 Å². The Labute approximate surface area is 164 Å². The molecule has 3 rings (SSSR count). The largest absolute Gasteiger partial charge is 0.497 e. The summed E-state index contributed by atoms with van der Waals surface area (Å²) in [5.41, 5.74) is 1.12. The maximum atomic E-state index is 12.4. The molecule has 144 valence electrons. The molecule has 3 aromatic rings.